The molecule has 0 saturated heterocycles. The van der Waals surface area contributed by atoms with Crippen LogP contribution in [0.2, 0.25) is 0 Å². The van der Waals surface area contributed by atoms with Gasteiger partial charge in [-0.1, -0.05) is 19.1 Å². The molecule has 2 nitrogen and oxygen atoms in total. The fraction of sp³-hybridized carbons (Fsp3) is 0.909. The van der Waals surface area contributed by atoms with E-state index in [1.165, 1.54) is 0 Å². The highest BCUT2D eigenvalue weighted by molar-refractivity contribution is 6.17. The van der Waals surface area contributed by atoms with Crippen LogP contribution in [0.4, 0.5) is 0 Å². The van der Waals surface area contributed by atoms with Gasteiger partial charge in [0, 0.05) is 26.6 Å². The van der Waals surface area contributed by atoms with Gasteiger partial charge < -0.3 is 5.32 Å². The minimum Gasteiger partial charge on any atom is -0.353 e. The van der Waals surface area contributed by atoms with Crippen molar-refractivity contribution in [3.63, 3.8) is 0 Å². The van der Waals surface area contributed by atoms with E-state index in [4.69, 9.17) is 19.8 Å². The summed E-state index contributed by atoms with van der Waals surface area (Å²) < 4.78 is 46.1. The molecule has 1 N–H and O–H groups in total. The van der Waals surface area contributed by atoms with Crippen LogP contribution in [0.25, 0.3) is 0 Å². The molecule has 0 unspecified atom stereocenters. The fourth-order valence-electron chi connectivity index (χ4n) is 1.27. The molecular formula is C11H20ClNO. The number of halogens is 1. The molecule has 1 saturated carbocycles. The van der Waals surface area contributed by atoms with E-state index in [0.29, 0.717) is 18.7 Å². The zero-order valence-electron chi connectivity index (χ0n) is 14.1. The third kappa shape index (κ3) is 4.85. The lowest BCUT2D eigenvalue weighted by Gasteiger charge is -2.22. The molecule has 14 heavy (non-hydrogen) atoms. The van der Waals surface area contributed by atoms with Crippen molar-refractivity contribution >= 4 is 17.5 Å². The Labute approximate surface area is 99.8 Å². The number of rotatable bonds is 5. The Balaban J connectivity index is 2.64. The maximum Gasteiger partial charge on any atom is 0.220 e. The Kier molecular flexibility index (Phi) is 2.91. The number of nitrogens with one attached hydrogen (secondary N) is 1. The Morgan fingerprint density at radius 3 is 2.71 bits per heavy atom. The molecule has 1 fully saturated rings. The highest BCUT2D eigenvalue weighted by Gasteiger charge is 2.14. The summed E-state index contributed by atoms with van der Waals surface area (Å²) in [5, 5.41) is 2.60. The molecule has 1 amide bonds. The summed E-state index contributed by atoms with van der Waals surface area (Å²) in [5.41, 5.74) is 0. The molecule has 1 aliphatic rings. The number of amides is 1. The maximum atomic E-state index is 11.7. The predicted molar refractivity (Wildman–Crippen MR) is 59.6 cm³/mol. The van der Waals surface area contributed by atoms with Crippen LogP contribution in [-0.4, -0.2) is 17.8 Å². The van der Waals surface area contributed by atoms with E-state index in [0.717, 1.165) is 0 Å². The van der Waals surface area contributed by atoms with E-state index in [2.05, 4.69) is 5.32 Å². The summed E-state index contributed by atoms with van der Waals surface area (Å²) in [4.78, 5) is 11.7. The molecule has 0 bridgehead atoms. The molecule has 0 aliphatic heterocycles. The number of alkyl halides is 1. The molecular weight excluding hydrogens is 198 g/mol. The number of unbranched alkanes of at least 4 members (excludes halogenated alkanes) is 1. The predicted octanol–water partition coefficient (Wildman–Crippen LogP) is 2.84. The van der Waals surface area contributed by atoms with Gasteiger partial charge in [-0.2, -0.15) is 0 Å². The minimum absolute atomic E-state index is 0.221. The van der Waals surface area contributed by atoms with Gasteiger partial charge in [-0.25, -0.2) is 0 Å². The smallest absolute Gasteiger partial charge is 0.220 e. The summed E-state index contributed by atoms with van der Waals surface area (Å²) >= 11 is 5.51. The lowest BCUT2D eigenvalue weighted by atomic mass is 9.95. The molecule has 0 aromatic carbocycles. The SMILES string of the molecule is [2H]C1([2H])CC(NC(=O)CCCCCl)CC([2H])([2H])C1([2H])[2H]. The van der Waals surface area contributed by atoms with Crippen LogP contribution in [0.5, 0.6) is 0 Å². The van der Waals surface area contributed by atoms with E-state index in [-0.39, 0.29) is 25.2 Å². The third-order valence-corrected chi connectivity index (χ3v) is 2.29. The van der Waals surface area contributed by atoms with Crippen molar-refractivity contribution in [3.8, 4) is 0 Å². The first-order valence-electron chi connectivity index (χ1n) is 7.89. The summed E-state index contributed by atoms with van der Waals surface area (Å²) in [5.74, 6) is 0.205. The lowest BCUT2D eigenvalue weighted by molar-refractivity contribution is -0.122. The minimum atomic E-state index is -2.57. The molecule has 0 aromatic heterocycles. The molecule has 0 aromatic rings. The zero-order chi connectivity index (χ0) is 15.6. The van der Waals surface area contributed by atoms with Gasteiger partial charge in [0.2, 0.25) is 5.91 Å². The first kappa shape index (κ1) is 5.74. The van der Waals surface area contributed by atoms with Crippen molar-refractivity contribution in [2.75, 3.05) is 5.88 Å². The van der Waals surface area contributed by atoms with Gasteiger partial charge in [0.25, 0.3) is 0 Å². The highest BCUT2D eigenvalue weighted by Crippen LogP contribution is 2.17. The van der Waals surface area contributed by atoms with Gasteiger partial charge in [-0.15, -0.1) is 11.6 Å². The first-order valence-corrected chi connectivity index (χ1v) is 5.42. The molecule has 0 radical (unpaired) electrons. The molecule has 0 spiro atoms. The Morgan fingerprint density at radius 1 is 1.36 bits per heavy atom. The third-order valence-electron chi connectivity index (χ3n) is 2.03. The maximum absolute atomic E-state index is 11.7. The lowest BCUT2D eigenvalue weighted by Crippen LogP contribution is -2.35. The van der Waals surface area contributed by atoms with Gasteiger partial charge in [0.05, 0.1) is 0 Å². The van der Waals surface area contributed by atoms with Crippen molar-refractivity contribution in [1.82, 2.24) is 5.32 Å². The first-order chi connectivity index (χ1) is 9.03. The number of carbonyl (C=O) groups excluding carboxylic acids is 1. The van der Waals surface area contributed by atoms with E-state index >= 15 is 0 Å². The second kappa shape index (κ2) is 7.10. The zero-order valence-corrected chi connectivity index (χ0v) is 8.86. The van der Waals surface area contributed by atoms with Crippen LogP contribution < -0.4 is 5.32 Å². The van der Waals surface area contributed by atoms with Crippen molar-refractivity contribution in [2.24, 2.45) is 0 Å². The van der Waals surface area contributed by atoms with Crippen molar-refractivity contribution in [3.05, 3.63) is 0 Å². The van der Waals surface area contributed by atoms with Crippen molar-refractivity contribution in [2.45, 2.75) is 57.3 Å². The largest absolute Gasteiger partial charge is 0.353 e. The normalized spacial score (nSPS) is 35.2. The van der Waals surface area contributed by atoms with Crippen LogP contribution in [0.15, 0.2) is 0 Å². The Morgan fingerprint density at radius 2 is 2.07 bits per heavy atom. The van der Waals surface area contributed by atoms with Crippen LogP contribution in [0.3, 0.4) is 0 Å². The van der Waals surface area contributed by atoms with E-state index < -0.39 is 25.2 Å². The number of carbonyl (C=O) groups is 1. The monoisotopic (exact) mass is 223 g/mol. The van der Waals surface area contributed by atoms with E-state index in [1.807, 2.05) is 0 Å². The van der Waals surface area contributed by atoms with Gasteiger partial charge in [-0.05, 0) is 25.7 Å². The van der Waals surface area contributed by atoms with Gasteiger partial charge >= 0.3 is 0 Å². The van der Waals surface area contributed by atoms with Crippen LogP contribution in [-0.2, 0) is 4.79 Å². The van der Waals surface area contributed by atoms with E-state index in [9.17, 15) is 4.79 Å². The highest BCUT2D eigenvalue weighted by atomic mass is 35.5. The van der Waals surface area contributed by atoms with Crippen LogP contribution in [0.1, 0.15) is 59.4 Å². The average Bonchev–Trinajstić information content (AvgIpc) is 2.25. The van der Waals surface area contributed by atoms with Gasteiger partial charge in [0.1, 0.15) is 0 Å². The topological polar surface area (TPSA) is 29.1 Å². The van der Waals surface area contributed by atoms with Gasteiger partial charge in [-0.3, -0.25) is 4.79 Å². The molecule has 3 heteroatoms. The quantitative estimate of drug-likeness (QED) is 0.564. The second-order valence-corrected chi connectivity index (χ2v) is 3.68. The van der Waals surface area contributed by atoms with Crippen LogP contribution >= 0.6 is 11.6 Å². The molecule has 1 aliphatic carbocycles. The fourth-order valence-corrected chi connectivity index (χ4v) is 1.45. The summed E-state index contributed by atoms with van der Waals surface area (Å²) in [6.07, 6.45) is -6.04. The number of hydrogen-bond donors (Lipinski definition) is 1. The summed E-state index contributed by atoms with van der Waals surface area (Å²) in [6, 6.07) is -0.688. The van der Waals surface area contributed by atoms with E-state index in [1.54, 1.807) is 0 Å². The summed E-state index contributed by atoms with van der Waals surface area (Å²) in [6.45, 7) is 0. The van der Waals surface area contributed by atoms with Gasteiger partial charge in [0.15, 0.2) is 0 Å². The molecule has 82 valence electrons. The molecule has 1 rings (SSSR count). The van der Waals surface area contributed by atoms with Crippen molar-refractivity contribution < 1.29 is 13.0 Å². The van der Waals surface area contributed by atoms with Crippen LogP contribution in [0, 0.1) is 0 Å². The Hall–Kier alpha value is -0.240. The van der Waals surface area contributed by atoms with Crippen molar-refractivity contribution in [1.29, 1.82) is 0 Å². The second-order valence-electron chi connectivity index (χ2n) is 3.30. The standard InChI is InChI=1S/C11H20ClNO/c12-9-5-4-8-11(14)13-10-6-2-1-3-7-10/h10H,1-9H2,(H,13,14)/i1D2,2D2,3D2. The summed E-state index contributed by atoms with van der Waals surface area (Å²) in [7, 11) is 0. The Bertz CT molecular complexity index is 343. The average molecular weight is 224 g/mol. The molecule has 0 atom stereocenters. The molecule has 0 heterocycles. The number of hydrogen-bond acceptors (Lipinski definition) is 1.